The molecule has 0 bridgehead atoms. The van der Waals surface area contributed by atoms with Crippen LogP contribution in [0, 0.1) is 5.92 Å². The number of hydrogen-bond donors (Lipinski definition) is 0. The molecule has 206 valence electrons. The smallest absolute Gasteiger partial charge is 0.268 e. The summed E-state index contributed by atoms with van der Waals surface area (Å²) in [6.07, 6.45) is 21.8. The molecule has 0 aliphatic heterocycles. The number of nitrogens with zero attached hydrogens (tertiary/aromatic N) is 1. The third-order valence-corrected chi connectivity index (χ3v) is 7.04. The molecule has 0 rings (SSSR count). The summed E-state index contributed by atoms with van der Waals surface area (Å²) < 4.78 is 28.0. The molecule has 7 heteroatoms. The van der Waals surface area contributed by atoms with E-state index < -0.39 is 7.82 Å². The molecule has 34 heavy (non-hydrogen) atoms. The highest BCUT2D eigenvalue weighted by atomic mass is 31.2. The second-order valence-electron chi connectivity index (χ2n) is 11.1. The Balaban J connectivity index is 3.37. The first-order chi connectivity index (χ1) is 16.2. The van der Waals surface area contributed by atoms with Gasteiger partial charge in [0.05, 0.1) is 34.4 Å². The van der Waals surface area contributed by atoms with Gasteiger partial charge in [0.25, 0.3) is 7.82 Å². The van der Waals surface area contributed by atoms with E-state index in [4.69, 9.17) is 13.8 Å². The van der Waals surface area contributed by atoms with Crippen molar-refractivity contribution in [3.63, 3.8) is 0 Å². The van der Waals surface area contributed by atoms with Gasteiger partial charge in [-0.2, -0.15) is 0 Å². The fraction of sp³-hybridized carbons (Fsp3) is 1.00. The van der Waals surface area contributed by atoms with Gasteiger partial charge in [0, 0.05) is 12.5 Å². The zero-order valence-corrected chi connectivity index (χ0v) is 24.3. The number of rotatable bonds is 26. The van der Waals surface area contributed by atoms with Crippen LogP contribution in [0.4, 0.5) is 0 Å². The third-order valence-electron chi connectivity index (χ3n) is 6.07. The standard InChI is InChI=1S/C27H58NO5P/c1-6-7-8-9-10-11-12-13-14-15-16-17-18-19-20-21-23-31-25-27(2)26-33-34(29,30)32-24-22-28(3,4)5/h27H,6-26H2,1-5H3. The molecule has 0 aromatic rings. The minimum atomic E-state index is -4.23. The summed E-state index contributed by atoms with van der Waals surface area (Å²) in [6, 6.07) is 0. The highest BCUT2D eigenvalue weighted by Crippen LogP contribution is 2.38. The zero-order valence-electron chi connectivity index (χ0n) is 23.4. The van der Waals surface area contributed by atoms with Crippen LogP contribution in [-0.4, -0.2) is 58.6 Å². The van der Waals surface area contributed by atoms with Crippen molar-refractivity contribution in [2.24, 2.45) is 5.92 Å². The molecule has 6 nitrogen and oxygen atoms in total. The normalized spacial score (nSPS) is 14.9. The van der Waals surface area contributed by atoms with E-state index >= 15 is 0 Å². The first-order valence-electron chi connectivity index (χ1n) is 14.1. The van der Waals surface area contributed by atoms with Crippen molar-refractivity contribution < 1.29 is 27.7 Å². The summed E-state index contributed by atoms with van der Waals surface area (Å²) in [4.78, 5) is 11.8. The van der Waals surface area contributed by atoms with E-state index in [1.54, 1.807) is 0 Å². The summed E-state index contributed by atoms with van der Waals surface area (Å²) in [5.41, 5.74) is 0. The summed E-state index contributed by atoms with van der Waals surface area (Å²) in [7, 11) is 1.73. The predicted molar refractivity (Wildman–Crippen MR) is 142 cm³/mol. The van der Waals surface area contributed by atoms with E-state index in [9.17, 15) is 9.46 Å². The minimum absolute atomic E-state index is 0.0188. The number of hydrogen-bond acceptors (Lipinski definition) is 5. The molecule has 0 amide bonds. The van der Waals surface area contributed by atoms with E-state index in [-0.39, 0.29) is 19.1 Å². The highest BCUT2D eigenvalue weighted by molar-refractivity contribution is 7.45. The number of quaternary nitrogens is 1. The van der Waals surface area contributed by atoms with Crippen LogP contribution in [-0.2, 0) is 18.3 Å². The maximum atomic E-state index is 11.8. The lowest BCUT2D eigenvalue weighted by Gasteiger charge is -2.27. The summed E-state index contributed by atoms with van der Waals surface area (Å²) in [6.45, 7) is 6.29. The van der Waals surface area contributed by atoms with Gasteiger partial charge in [-0.05, 0) is 6.42 Å². The maximum absolute atomic E-state index is 11.8. The fourth-order valence-electron chi connectivity index (χ4n) is 3.77. The Bertz CT molecular complexity index is 484. The van der Waals surface area contributed by atoms with Crippen LogP contribution in [0.2, 0.25) is 0 Å². The monoisotopic (exact) mass is 507 g/mol. The predicted octanol–water partition coefficient (Wildman–Crippen LogP) is 7.11. The van der Waals surface area contributed by atoms with Crippen LogP contribution in [0.1, 0.15) is 117 Å². The van der Waals surface area contributed by atoms with Gasteiger partial charge in [0.2, 0.25) is 0 Å². The average molecular weight is 508 g/mol. The Labute approximate surface area is 212 Å². The van der Waals surface area contributed by atoms with E-state index in [1.807, 2.05) is 28.1 Å². The third kappa shape index (κ3) is 26.6. The van der Waals surface area contributed by atoms with Crippen LogP contribution in [0.15, 0.2) is 0 Å². The Morgan fingerprint density at radius 3 is 1.56 bits per heavy atom. The molecule has 0 aromatic heterocycles. The van der Waals surface area contributed by atoms with Crippen LogP contribution in [0.25, 0.3) is 0 Å². The van der Waals surface area contributed by atoms with Gasteiger partial charge in [-0.1, -0.05) is 110 Å². The molecule has 0 saturated heterocycles. The topological polar surface area (TPSA) is 67.8 Å². The number of unbranched alkanes of at least 4 members (excludes halogenated alkanes) is 15. The largest absolute Gasteiger partial charge is 0.756 e. The number of ether oxygens (including phenoxy) is 1. The zero-order chi connectivity index (χ0) is 25.5. The van der Waals surface area contributed by atoms with Gasteiger partial charge in [0.1, 0.15) is 13.2 Å². The van der Waals surface area contributed by atoms with Crippen molar-refractivity contribution in [1.29, 1.82) is 0 Å². The molecule has 0 aromatic carbocycles. The average Bonchev–Trinajstić information content (AvgIpc) is 2.76. The highest BCUT2D eigenvalue weighted by Gasteiger charge is 2.15. The van der Waals surface area contributed by atoms with Crippen LogP contribution in [0.5, 0.6) is 0 Å². The lowest BCUT2D eigenvalue weighted by molar-refractivity contribution is -0.870. The lowest BCUT2D eigenvalue weighted by Crippen LogP contribution is -2.37. The van der Waals surface area contributed by atoms with Gasteiger partial charge in [0.15, 0.2) is 0 Å². The molecule has 0 fully saturated rings. The first kappa shape index (κ1) is 34.0. The van der Waals surface area contributed by atoms with Gasteiger partial charge in [-0.25, -0.2) is 0 Å². The fourth-order valence-corrected chi connectivity index (χ4v) is 4.58. The van der Waals surface area contributed by atoms with Crippen molar-refractivity contribution in [2.45, 2.75) is 117 Å². The van der Waals surface area contributed by atoms with Crippen molar-refractivity contribution >= 4 is 7.82 Å². The first-order valence-corrected chi connectivity index (χ1v) is 15.6. The molecule has 0 spiro atoms. The Kier molecular flexibility index (Phi) is 22.3. The molecular formula is C27H58NO5P. The Morgan fingerprint density at radius 1 is 0.676 bits per heavy atom. The van der Waals surface area contributed by atoms with E-state index in [2.05, 4.69) is 6.92 Å². The van der Waals surface area contributed by atoms with Crippen molar-refractivity contribution in [1.82, 2.24) is 0 Å². The van der Waals surface area contributed by atoms with Crippen LogP contribution >= 0.6 is 7.82 Å². The number of phosphoric acid groups is 1. The molecule has 0 aliphatic carbocycles. The van der Waals surface area contributed by atoms with E-state index in [0.29, 0.717) is 17.6 Å². The Morgan fingerprint density at radius 2 is 1.12 bits per heavy atom. The van der Waals surface area contributed by atoms with Crippen LogP contribution < -0.4 is 4.89 Å². The lowest BCUT2D eigenvalue weighted by atomic mass is 10.0. The molecule has 0 aliphatic rings. The van der Waals surface area contributed by atoms with Gasteiger partial charge in [-0.3, -0.25) is 4.57 Å². The molecule has 2 unspecified atom stereocenters. The van der Waals surface area contributed by atoms with Gasteiger partial charge in [-0.15, -0.1) is 0 Å². The molecule has 0 N–H and O–H groups in total. The summed E-state index contributed by atoms with van der Waals surface area (Å²) >= 11 is 0. The quantitative estimate of drug-likeness (QED) is 0.0709. The summed E-state index contributed by atoms with van der Waals surface area (Å²) in [5.74, 6) is 0.0188. The minimum Gasteiger partial charge on any atom is -0.756 e. The van der Waals surface area contributed by atoms with Crippen molar-refractivity contribution in [2.75, 3.05) is 54.1 Å². The van der Waals surface area contributed by atoms with E-state index in [0.717, 1.165) is 13.0 Å². The van der Waals surface area contributed by atoms with Gasteiger partial charge >= 0.3 is 0 Å². The number of phosphoric ester groups is 1. The Hall–Kier alpha value is 0.0300. The second kappa shape index (κ2) is 22.2. The molecule has 0 saturated carbocycles. The molecule has 0 heterocycles. The second-order valence-corrected chi connectivity index (χ2v) is 12.5. The van der Waals surface area contributed by atoms with Crippen molar-refractivity contribution in [3.8, 4) is 0 Å². The van der Waals surface area contributed by atoms with E-state index in [1.165, 1.54) is 96.3 Å². The van der Waals surface area contributed by atoms with Crippen molar-refractivity contribution in [3.05, 3.63) is 0 Å². The van der Waals surface area contributed by atoms with Crippen LogP contribution in [0.3, 0.4) is 0 Å². The SMILES string of the molecule is CCCCCCCCCCCCCCCCCCOCC(C)COP(=O)([O-])OCC[N+](C)(C)C. The summed E-state index contributed by atoms with van der Waals surface area (Å²) in [5, 5.41) is 0. The number of likely N-dealkylation sites (N-methyl/N-ethyl adjacent to an activating group) is 1. The molecule has 2 atom stereocenters. The molecular weight excluding hydrogens is 449 g/mol. The molecule has 0 radical (unpaired) electrons. The van der Waals surface area contributed by atoms with Gasteiger partial charge < -0.3 is 23.2 Å². The maximum Gasteiger partial charge on any atom is 0.268 e.